The Morgan fingerprint density at radius 1 is 1.14 bits per heavy atom. The van der Waals surface area contributed by atoms with Gasteiger partial charge in [-0.05, 0) is 37.6 Å². The number of nitrogens with one attached hydrogen (secondary N) is 1. The number of alkyl halides is 2. The lowest BCUT2D eigenvalue weighted by molar-refractivity contribution is -0.0497. The van der Waals surface area contributed by atoms with E-state index in [1.54, 1.807) is 12.1 Å². The van der Waals surface area contributed by atoms with Crippen LogP contribution < -0.4 is 10.1 Å². The molecular weight excluding hydrogens is 296 g/mol. The Labute approximate surface area is 127 Å². The van der Waals surface area contributed by atoms with Crippen molar-refractivity contribution in [1.29, 1.82) is 0 Å². The van der Waals surface area contributed by atoms with E-state index >= 15 is 0 Å². The SMILES string of the molecule is Cc1cccc(C(C)Nc2ccc(OC(F)F)c(Cl)c2)c1. The van der Waals surface area contributed by atoms with Gasteiger partial charge in [-0.15, -0.1) is 0 Å². The molecule has 0 heterocycles. The van der Waals surface area contributed by atoms with E-state index in [2.05, 4.69) is 16.1 Å². The van der Waals surface area contributed by atoms with Crippen LogP contribution in [0.4, 0.5) is 14.5 Å². The number of rotatable bonds is 5. The topological polar surface area (TPSA) is 21.3 Å². The van der Waals surface area contributed by atoms with Gasteiger partial charge >= 0.3 is 6.61 Å². The van der Waals surface area contributed by atoms with Crippen LogP contribution in [0.5, 0.6) is 5.75 Å². The average molecular weight is 312 g/mol. The van der Waals surface area contributed by atoms with Gasteiger partial charge in [-0.2, -0.15) is 8.78 Å². The van der Waals surface area contributed by atoms with Crippen molar-refractivity contribution in [2.24, 2.45) is 0 Å². The minimum Gasteiger partial charge on any atom is -0.433 e. The second-order valence-corrected chi connectivity index (χ2v) is 5.21. The number of hydrogen-bond acceptors (Lipinski definition) is 2. The lowest BCUT2D eigenvalue weighted by atomic mass is 10.1. The predicted molar refractivity (Wildman–Crippen MR) is 81.3 cm³/mol. The minimum absolute atomic E-state index is 0.0274. The predicted octanol–water partition coefficient (Wildman–Crippen LogP) is 5.42. The molecule has 2 aromatic carbocycles. The second kappa shape index (κ2) is 6.76. The molecule has 2 rings (SSSR count). The van der Waals surface area contributed by atoms with Crippen LogP contribution in [0.1, 0.15) is 24.1 Å². The maximum absolute atomic E-state index is 12.2. The van der Waals surface area contributed by atoms with Crippen LogP contribution in [0.15, 0.2) is 42.5 Å². The van der Waals surface area contributed by atoms with Crippen LogP contribution in [0.3, 0.4) is 0 Å². The summed E-state index contributed by atoms with van der Waals surface area (Å²) in [6, 6.07) is 12.9. The van der Waals surface area contributed by atoms with Crippen LogP contribution in [-0.2, 0) is 0 Å². The van der Waals surface area contributed by atoms with E-state index in [1.165, 1.54) is 11.6 Å². The molecule has 0 radical (unpaired) electrons. The fraction of sp³-hybridized carbons (Fsp3) is 0.250. The van der Waals surface area contributed by atoms with Crippen molar-refractivity contribution in [3.05, 3.63) is 58.6 Å². The van der Waals surface area contributed by atoms with Crippen LogP contribution in [0.25, 0.3) is 0 Å². The molecule has 0 bridgehead atoms. The van der Waals surface area contributed by atoms with Gasteiger partial charge in [0.25, 0.3) is 0 Å². The highest BCUT2D eigenvalue weighted by Crippen LogP contribution is 2.30. The zero-order valence-corrected chi connectivity index (χ0v) is 12.5. The molecule has 0 aromatic heterocycles. The van der Waals surface area contributed by atoms with Crippen LogP contribution in [0.2, 0.25) is 5.02 Å². The van der Waals surface area contributed by atoms with Gasteiger partial charge in [0.05, 0.1) is 5.02 Å². The molecule has 0 aliphatic rings. The molecule has 5 heteroatoms. The third-order valence-electron chi connectivity index (χ3n) is 3.07. The molecule has 112 valence electrons. The molecule has 1 N–H and O–H groups in total. The van der Waals surface area contributed by atoms with Crippen molar-refractivity contribution in [1.82, 2.24) is 0 Å². The van der Waals surface area contributed by atoms with E-state index in [9.17, 15) is 8.78 Å². The Morgan fingerprint density at radius 3 is 2.52 bits per heavy atom. The van der Waals surface area contributed by atoms with E-state index in [1.807, 2.05) is 32.0 Å². The summed E-state index contributed by atoms with van der Waals surface area (Å²) in [5, 5.41) is 3.43. The third kappa shape index (κ3) is 4.33. The Balaban J connectivity index is 2.11. The molecule has 0 amide bonds. The molecule has 2 aromatic rings. The molecule has 1 unspecified atom stereocenters. The monoisotopic (exact) mass is 311 g/mol. The lowest BCUT2D eigenvalue weighted by Crippen LogP contribution is -2.07. The molecule has 21 heavy (non-hydrogen) atoms. The van der Waals surface area contributed by atoms with Gasteiger partial charge in [-0.1, -0.05) is 41.4 Å². The molecule has 0 fully saturated rings. The molecule has 0 saturated heterocycles. The zero-order chi connectivity index (χ0) is 15.4. The fourth-order valence-electron chi connectivity index (χ4n) is 2.05. The molecule has 0 aliphatic heterocycles. The van der Waals surface area contributed by atoms with Gasteiger partial charge in [-0.3, -0.25) is 0 Å². The molecular formula is C16H16ClF2NO. The van der Waals surface area contributed by atoms with E-state index in [0.717, 1.165) is 11.3 Å². The number of aryl methyl sites for hydroxylation is 1. The van der Waals surface area contributed by atoms with Crippen LogP contribution in [0, 0.1) is 6.92 Å². The first-order chi connectivity index (χ1) is 9.95. The first kappa shape index (κ1) is 15.6. The van der Waals surface area contributed by atoms with Crippen molar-refractivity contribution in [2.45, 2.75) is 26.5 Å². The first-order valence-electron chi connectivity index (χ1n) is 6.53. The van der Waals surface area contributed by atoms with Gasteiger partial charge in [-0.25, -0.2) is 0 Å². The molecule has 0 spiro atoms. The van der Waals surface area contributed by atoms with Crippen molar-refractivity contribution >= 4 is 17.3 Å². The Hall–Kier alpha value is -1.81. The fourth-order valence-corrected chi connectivity index (χ4v) is 2.28. The van der Waals surface area contributed by atoms with E-state index in [4.69, 9.17) is 11.6 Å². The molecule has 1 atom stereocenters. The summed E-state index contributed by atoms with van der Waals surface area (Å²) in [5.41, 5.74) is 3.06. The van der Waals surface area contributed by atoms with Gasteiger partial charge in [0.1, 0.15) is 5.75 Å². The summed E-state index contributed by atoms with van der Waals surface area (Å²) in [6.07, 6.45) is 0. The standard InChI is InChI=1S/C16H16ClF2NO/c1-10-4-3-5-12(8-10)11(2)20-13-6-7-15(14(17)9-13)21-16(18)19/h3-9,11,16,20H,1-2H3. The molecule has 0 aliphatic carbocycles. The smallest absolute Gasteiger partial charge is 0.387 e. The summed E-state index contributed by atoms with van der Waals surface area (Å²) in [5.74, 6) is -0.0274. The van der Waals surface area contributed by atoms with Crippen molar-refractivity contribution in [3.63, 3.8) is 0 Å². The second-order valence-electron chi connectivity index (χ2n) is 4.80. The lowest BCUT2D eigenvalue weighted by Gasteiger charge is -2.17. The number of ether oxygens (including phenoxy) is 1. The molecule has 0 saturated carbocycles. The third-order valence-corrected chi connectivity index (χ3v) is 3.37. The number of anilines is 1. The highest BCUT2D eigenvalue weighted by Gasteiger charge is 2.10. The average Bonchev–Trinajstić information content (AvgIpc) is 2.41. The highest BCUT2D eigenvalue weighted by molar-refractivity contribution is 6.32. The number of halogens is 3. The maximum atomic E-state index is 12.2. The zero-order valence-electron chi connectivity index (χ0n) is 11.7. The van der Waals surface area contributed by atoms with Crippen molar-refractivity contribution < 1.29 is 13.5 Å². The van der Waals surface area contributed by atoms with E-state index in [-0.39, 0.29) is 16.8 Å². The number of hydrogen-bond donors (Lipinski definition) is 1. The van der Waals surface area contributed by atoms with Gasteiger partial charge in [0.2, 0.25) is 0 Å². The normalized spacial score (nSPS) is 12.3. The van der Waals surface area contributed by atoms with E-state index < -0.39 is 6.61 Å². The Kier molecular flexibility index (Phi) is 5.02. The summed E-state index contributed by atoms with van der Waals surface area (Å²) >= 11 is 5.93. The quantitative estimate of drug-likeness (QED) is 0.795. The van der Waals surface area contributed by atoms with Gasteiger partial charge in [0.15, 0.2) is 0 Å². The summed E-state index contributed by atoms with van der Waals surface area (Å²) in [7, 11) is 0. The van der Waals surface area contributed by atoms with Crippen molar-refractivity contribution in [3.8, 4) is 5.75 Å². The van der Waals surface area contributed by atoms with Crippen molar-refractivity contribution in [2.75, 3.05) is 5.32 Å². The summed E-state index contributed by atoms with van der Waals surface area (Å²) < 4.78 is 28.7. The maximum Gasteiger partial charge on any atom is 0.387 e. The summed E-state index contributed by atoms with van der Waals surface area (Å²) in [6.45, 7) is 1.17. The number of benzene rings is 2. The highest BCUT2D eigenvalue weighted by atomic mass is 35.5. The van der Waals surface area contributed by atoms with Gasteiger partial charge < -0.3 is 10.1 Å². The van der Waals surface area contributed by atoms with Gasteiger partial charge in [0, 0.05) is 11.7 Å². The largest absolute Gasteiger partial charge is 0.433 e. The van der Waals surface area contributed by atoms with E-state index in [0.29, 0.717) is 0 Å². The first-order valence-corrected chi connectivity index (χ1v) is 6.91. The Bertz CT molecular complexity index is 619. The van der Waals surface area contributed by atoms with Crippen LogP contribution in [-0.4, -0.2) is 6.61 Å². The summed E-state index contributed by atoms with van der Waals surface area (Å²) in [4.78, 5) is 0. The molecule has 2 nitrogen and oxygen atoms in total. The van der Waals surface area contributed by atoms with Crippen LogP contribution >= 0.6 is 11.6 Å². The Morgan fingerprint density at radius 2 is 1.90 bits per heavy atom. The minimum atomic E-state index is -2.88.